The van der Waals surface area contributed by atoms with E-state index in [1.54, 1.807) is 24.8 Å². The van der Waals surface area contributed by atoms with Crippen LogP contribution in [0.5, 0.6) is 5.75 Å². The van der Waals surface area contributed by atoms with Gasteiger partial charge in [-0.05, 0) is 26.0 Å². The topological polar surface area (TPSA) is 80.0 Å². The number of carbonyl (C=O) groups excluding carboxylic acids is 1. The summed E-state index contributed by atoms with van der Waals surface area (Å²) in [7, 11) is 0. The number of aliphatic carboxylic acids is 1. The van der Waals surface area contributed by atoms with Crippen LogP contribution < -0.4 is 4.74 Å². The van der Waals surface area contributed by atoms with E-state index in [9.17, 15) is 14.7 Å². The molecule has 25 heavy (non-hydrogen) atoms. The van der Waals surface area contributed by atoms with Crippen LogP contribution in [0.1, 0.15) is 33.4 Å². The lowest BCUT2D eigenvalue weighted by Crippen LogP contribution is -2.46. The van der Waals surface area contributed by atoms with Gasteiger partial charge in [0.2, 0.25) is 0 Å². The molecule has 1 amide bonds. The minimum absolute atomic E-state index is 0.0667. The van der Waals surface area contributed by atoms with Crippen molar-refractivity contribution < 1.29 is 23.8 Å². The van der Waals surface area contributed by atoms with Gasteiger partial charge in [-0.1, -0.05) is 18.2 Å². The van der Waals surface area contributed by atoms with Gasteiger partial charge in [-0.15, -0.1) is 0 Å². The van der Waals surface area contributed by atoms with Crippen LogP contribution in [-0.4, -0.2) is 41.6 Å². The average molecular weight is 341 g/mol. The minimum Gasteiger partial charge on any atom is -0.492 e. The number of carbonyl (C=O) groups is 2. The number of para-hydroxylation sites is 1. The monoisotopic (exact) mass is 341 g/mol. The lowest BCUT2D eigenvalue weighted by molar-refractivity contribution is -0.151. The third-order valence-corrected chi connectivity index (χ3v) is 5.31. The molecule has 2 aliphatic heterocycles. The van der Waals surface area contributed by atoms with Crippen LogP contribution in [-0.2, 0) is 4.79 Å². The highest BCUT2D eigenvalue weighted by molar-refractivity contribution is 5.96. The highest BCUT2D eigenvalue weighted by Crippen LogP contribution is 2.50. The van der Waals surface area contributed by atoms with Gasteiger partial charge in [0, 0.05) is 24.6 Å². The Hall–Kier alpha value is -2.76. The van der Waals surface area contributed by atoms with Crippen molar-refractivity contribution in [2.45, 2.75) is 19.8 Å². The molecule has 6 nitrogen and oxygen atoms in total. The van der Waals surface area contributed by atoms with Crippen molar-refractivity contribution in [2.24, 2.45) is 5.41 Å². The van der Waals surface area contributed by atoms with Crippen LogP contribution in [0.3, 0.4) is 0 Å². The Balaban J connectivity index is 1.73. The second kappa shape index (κ2) is 5.37. The fraction of sp³-hybridized carbons (Fsp3) is 0.368. The number of carboxylic acid groups (broad SMARTS) is 1. The summed E-state index contributed by atoms with van der Waals surface area (Å²) < 4.78 is 11.2. The molecule has 3 heterocycles. The fourth-order valence-corrected chi connectivity index (χ4v) is 4.01. The zero-order valence-corrected chi connectivity index (χ0v) is 14.1. The number of amides is 1. The predicted octanol–water partition coefficient (Wildman–Crippen LogP) is 2.60. The fourth-order valence-electron chi connectivity index (χ4n) is 4.01. The molecular formula is C19H19NO5. The smallest absolute Gasteiger partial charge is 0.315 e. The molecule has 1 saturated heterocycles. The maximum atomic E-state index is 12.9. The second-order valence-corrected chi connectivity index (χ2v) is 6.85. The van der Waals surface area contributed by atoms with Crippen molar-refractivity contribution in [1.82, 2.24) is 4.90 Å². The maximum Gasteiger partial charge on any atom is 0.315 e. The number of benzene rings is 1. The molecule has 0 spiro atoms. The molecule has 2 atom stereocenters. The summed E-state index contributed by atoms with van der Waals surface area (Å²) in [4.78, 5) is 26.7. The predicted molar refractivity (Wildman–Crippen MR) is 88.8 cm³/mol. The summed E-state index contributed by atoms with van der Waals surface area (Å²) >= 11 is 0. The van der Waals surface area contributed by atoms with Crippen molar-refractivity contribution in [3.63, 3.8) is 0 Å². The molecule has 0 radical (unpaired) electrons. The molecule has 6 heteroatoms. The highest BCUT2D eigenvalue weighted by Gasteiger charge is 2.57. The Morgan fingerprint density at radius 2 is 2.04 bits per heavy atom. The molecule has 4 rings (SSSR count). The van der Waals surface area contributed by atoms with Gasteiger partial charge in [0.25, 0.3) is 5.91 Å². The lowest BCUT2D eigenvalue weighted by atomic mass is 9.73. The zero-order chi connectivity index (χ0) is 17.8. The Morgan fingerprint density at radius 1 is 1.28 bits per heavy atom. The van der Waals surface area contributed by atoms with Gasteiger partial charge in [-0.3, -0.25) is 9.59 Å². The van der Waals surface area contributed by atoms with Crippen LogP contribution in [0, 0.1) is 19.3 Å². The van der Waals surface area contributed by atoms with E-state index < -0.39 is 11.4 Å². The second-order valence-electron chi connectivity index (χ2n) is 6.85. The number of hydrogen-bond acceptors (Lipinski definition) is 4. The highest BCUT2D eigenvalue weighted by atomic mass is 16.5. The van der Waals surface area contributed by atoms with E-state index in [-0.39, 0.29) is 25.0 Å². The number of aryl methyl sites for hydroxylation is 2. The Labute approximate surface area is 145 Å². The zero-order valence-electron chi connectivity index (χ0n) is 14.1. The molecule has 0 saturated carbocycles. The molecule has 1 aromatic heterocycles. The Kier molecular flexibility index (Phi) is 3.39. The third kappa shape index (κ3) is 2.24. The van der Waals surface area contributed by atoms with Crippen molar-refractivity contribution >= 4 is 11.9 Å². The summed E-state index contributed by atoms with van der Waals surface area (Å²) in [6, 6.07) is 9.17. The molecule has 1 fully saturated rings. The maximum absolute atomic E-state index is 12.9. The van der Waals surface area contributed by atoms with Gasteiger partial charge >= 0.3 is 5.97 Å². The number of hydrogen-bond donors (Lipinski definition) is 1. The molecule has 0 bridgehead atoms. The first-order chi connectivity index (χ1) is 11.9. The Bertz CT molecular complexity index is 870. The lowest BCUT2D eigenvalue weighted by Gasteiger charge is -2.35. The van der Waals surface area contributed by atoms with Crippen LogP contribution in [0.15, 0.2) is 34.7 Å². The van der Waals surface area contributed by atoms with E-state index >= 15 is 0 Å². The third-order valence-electron chi connectivity index (χ3n) is 5.31. The number of rotatable bonds is 2. The molecular weight excluding hydrogens is 322 g/mol. The number of fused-ring (bicyclic) bond motifs is 3. The first kappa shape index (κ1) is 15.7. The van der Waals surface area contributed by atoms with E-state index in [1.807, 2.05) is 24.3 Å². The average Bonchev–Trinajstić information content (AvgIpc) is 3.15. The molecule has 2 aromatic rings. The molecule has 1 N–H and O–H groups in total. The number of carboxylic acids is 1. The number of furan rings is 1. The van der Waals surface area contributed by atoms with Crippen LogP contribution in [0.4, 0.5) is 0 Å². The quantitative estimate of drug-likeness (QED) is 0.908. The molecule has 0 unspecified atom stereocenters. The first-order valence-corrected chi connectivity index (χ1v) is 8.24. The molecule has 130 valence electrons. The van der Waals surface area contributed by atoms with Gasteiger partial charge in [-0.25, -0.2) is 0 Å². The normalized spacial score (nSPS) is 24.4. The molecule has 2 aliphatic rings. The largest absolute Gasteiger partial charge is 0.492 e. The standard InChI is InChI=1S/C19H19NO5/c1-11-7-14(12(2)25-11)17(21)20-8-15-13-5-3-4-6-16(13)24-10-19(15,9-20)18(22)23/h3-7,15H,8-10H2,1-2H3,(H,22,23)/t15-,19-/m1/s1. The van der Waals surface area contributed by atoms with Crippen molar-refractivity contribution in [2.75, 3.05) is 19.7 Å². The summed E-state index contributed by atoms with van der Waals surface area (Å²) in [5.74, 6) is 0.517. The summed E-state index contributed by atoms with van der Waals surface area (Å²) in [6.45, 7) is 4.08. The van der Waals surface area contributed by atoms with Crippen molar-refractivity contribution in [3.8, 4) is 5.75 Å². The number of likely N-dealkylation sites (tertiary alicyclic amines) is 1. The van der Waals surface area contributed by atoms with Crippen LogP contribution >= 0.6 is 0 Å². The van der Waals surface area contributed by atoms with E-state index in [2.05, 4.69) is 0 Å². The first-order valence-electron chi connectivity index (χ1n) is 8.24. The minimum atomic E-state index is -1.11. The number of nitrogens with zero attached hydrogens (tertiary/aromatic N) is 1. The number of ether oxygens (including phenoxy) is 1. The van der Waals surface area contributed by atoms with Crippen LogP contribution in [0.25, 0.3) is 0 Å². The molecule has 0 aliphatic carbocycles. The summed E-state index contributed by atoms with van der Waals surface area (Å²) in [5.41, 5.74) is 0.230. The Morgan fingerprint density at radius 3 is 2.72 bits per heavy atom. The van der Waals surface area contributed by atoms with Crippen molar-refractivity contribution in [3.05, 3.63) is 53.0 Å². The van der Waals surface area contributed by atoms with Gasteiger partial charge in [0.05, 0.1) is 5.56 Å². The van der Waals surface area contributed by atoms with E-state index in [0.29, 0.717) is 29.4 Å². The van der Waals surface area contributed by atoms with Gasteiger partial charge < -0.3 is 19.2 Å². The van der Waals surface area contributed by atoms with E-state index in [4.69, 9.17) is 9.15 Å². The van der Waals surface area contributed by atoms with Gasteiger partial charge in [-0.2, -0.15) is 0 Å². The SMILES string of the molecule is Cc1cc(C(=O)N2C[C@@H]3c4ccccc4OC[C@]3(C(=O)O)C2)c(C)o1. The van der Waals surface area contributed by atoms with Crippen molar-refractivity contribution in [1.29, 1.82) is 0 Å². The van der Waals surface area contributed by atoms with Gasteiger partial charge in [0.15, 0.2) is 0 Å². The molecule has 1 aromatic carbocycles. The summed E-state index contributed by atoms with van der Waals surface area (Å²) in [5, 5.41) is 9.92. The van der Waals surface area contributed by atoms with E-state index in [1.165, 1.54) is 0 Å². The van der Waals surface area contributed by atoms with E-state index in [0.717, 1.165) is 5.56 Å². The van der Waals surface area contributed by atoms with Gasteiger partial charge in [0.1, 0.15) is 29.3 Å². The van der Waals surface area contributed by atoms with Crippen LogP contribution in [0.2, 0.25) is 0 Å². The summed E-state index contributed by atoms with van der Waals surface area (Å²) in [6.07, 6.45) is 0.